The molecule has 21 heavy (non-hydrogen) atoms. The molecule has 0 atom stereocenters. The molecule has 2 rings (SSSR count). The first kappa shape index (κ1) is 16.9. The lowest BCUT2D eigenvalue weighted by atomic mass is 9.84. The van der Waals surface area contributed by atoms with Crippen LogP contribution in [0.25, 0.3) is 0 Å². The molecule has 0 unspecified atom stereocenters. The Labute approximate surface area is 136 Å². The second-order valence-electron chi connectivity index (χ2n) is 6.79. The number of halogens is 2. The molecule has 0 amide bonds. The summed E-state index contributed by atoms with van der Waals surface area (Å²) in [6, 6.07) is 5.16. The summed E-state index contributed by atoms with van der Waals surface area (Å²) in [6.45, 7) is 11.7. The van der Waals surface area contributed by atoms with Crippen LogP contribution in [-0.4, -0.2) is 29.1 Å². The fourth-order valence-electron chi connectivity index (χ4n) is 3.07. The van der Waals surface area contributed by atoms with Crippen LogP contribution < -0.4 is 5.32 Å². The highest BCUT2D eigenvalue weighted by Crippen LogP contribution is 2.30. The van der Waals surface area contributed by atoms with Gasteiger partial charge < -0.3 is 5.32 Å². The van der Waals surface area contributed by atoms with Crippen LogP contribution in [0.5, 0.6) is 0 Å². The molecule has 0 saturated carbocycles. The van der Waals surface area contributed by atoms with Gasteiger partial charge in [-0.2, -0.15) is 0 Å². The molecule has 1 N–H and O–H groups in total. The van der Waals surface area contributed by atoms with Gasteiger partial charge in [0.05, 0.1) is 0 Å². The number of hydrogen-bond donors (Lipinski definition) is 1. The zero-order valence-corrected chi connectivity index (χ0v) is 15.1. The molecule has 2 nitrogen and oxygen atoms in total. The van der Waals surface area contributed by atoms with E-state index in [0.717, 1.165) is 42.5 Å². The summed E-state index contributed by atoms with van der Waals surface area (Å²) in [7, 11) is 0. The van der Waals surface area contributed by atoms with Crippen molar-refractivity contribution >= 4 is 15.9 Å². The van der Waals surface area contributed by atoms with Crippen LogP contribution in [0.1, 0.15) is 46.1 Å². The highest BCUT2D eigenvalue weighted by Gasteiger charge is 2.40. The fraction of sp³-hybridized carbons (Fsp3) is 0.647. The predicted octanol–water partition coefficient (Wildman–Crippen LogP) is 4.33. The highest BCUT2D eigenvalue weighted by molar-refractivity contribution is 9.10. The van der Waals surface area contributed by atoms with Gasteiger partial charge in [0.25, 0.3) is 0 Å². The molecule has 1 aromatic carbocycles. The minimum absolute atomic E-state index is 0.0760. The molecular formula is C17H26BrFN2. The zero-order chi connectivity index (χ0) is 15.7. The first-order valence-electron chi connectivity index (χ1n) is 7.75. The summed E-state index contributed by atoms with van der Waals surface area (Å²) in [6.07, 6.45) is 2.23. The average Bonchev–Trinajstić information content (AvgIpc) is 2.40. The zero-order valence-electron chi connectivity index (χ0n) is 13.5. The van der Waals surface area contributed by atoms with Crippen LogP contribution in [0, 0.1) is 5.82 Å². The Morgan fingerprint density at radius 1 is 1.24 bits per heavy atom. The van der Waals surface area contributed by atoms with Gasteiger partial charge in [0.1, 0.15) is 5.82 Å². The second-order valence-corrected chi connectivity index (χ2v) is 7.70. The SMILES string of the molecule is CCC1(CC)CN(Cc2cc(F)cc(Br)c2)C(C)(C)CN1. The fourth-order valence-corrected chi connectivity index (χ4v) is 3.58. The van der Waals surface area contributed by atoms with E-state index in [0.29, 0.717) is 0 Å². The molecule has 1 fully saturated rings. The van der Waals surface area contributed by atoms with Crippen LogP contribution in [0.4, 0.5) is 4.39 Å². The number of hydrogen-bond acceptors (Lipinski definition) is 2. The third-order valence-corrected chi connectivity index (χ3v) is 5.35. The molecule has 1 aromatic rings. The van der Waals surface area contributed by atoms with Crippen molar-refractivity contribution in [2.24, 2.45) is 0 Å². The average molecular weight is 357 g/mol. The quantitative estimate of drug-likeness (QED) is 0.863. The topological polar surface area (TPSA) is 15.3 Å². The lowest BCUT2D eigenvalue weighted by molar-refractivity contribution is 0.0161. The number of nitrogens with zero attached hydrogens (tertiary/aromatic N) is 1. The van der Waals surface area contributed by atoms with E-state index in [1.807, 2.05) is 6.07 Å². The first-order chi connectivity index (χ1) is 9.80. The Morgan fingerprint density at radius 2 is 1.90 bits per heavy atom. The van der Waals surface area contributed by atoms with Gasteiger partial charge in [-0.1, -0.05) is 29.8 Å². The van der Waals surface area contributed by atoms with Crippen LogP contribution in [0.3, 0.4) is 0 Å². The van der Waals surface area contributed by atoms with Crippen LogP contribution in [-0.2, 0) is 6.54 Å². The van der Waals surface area contributed by atoms with E-state index in [2.05, 4.69) is 53.8 Å². The van der Waals surface area contributed by atoms with E-state index in [1.54, 1.807) is 6.07 Å². The smallest absolute Gasteiger partial charge is 0.124 e. The maximum atomic E-state index is 13.6. The summed E-state index contributed by atoms with van der Waals surface area (Å²) in [5.41, 5.74) is 1.28. The van der Waals surface area contributed by atoms with E-state index in [9.17, 15) is 4.39 Å². The van der Waals surface area contributed by atoms with Gasteiger partial charge in [0.15, 0.2) is 0 Å². The molecule has 0 aromatic heterocycles. The molecule has 118 valence electrons. The molecule has 0 spiro atoms. The molecule has 0 radical (unpaired) electrons. The largest absolute Gasteiger partial charge is 0.308 e. The molecule has 0 bridgehead atoms. The Hall–Kier alpha value is -0.450. The first-order valence-corrected chi connectivity index (χ1v) is 8.54. The van der Waals surface area contributed by atoms with Gasteiger partial charge in [0.2, 0.25) is 0 Å². The van der Waals surface area contributed by atoms with Gasteiger partial charge in [-0.3, -0.25) is 4.90 Å². The minimum Gasteiger partial charge on any atom is -0.308 e. The van der Waals surface area contributed by atoms with E-state index < -0.39 is 0 Å². The van der Waals surface area contributed by atoms with Crippen molar-refractivity contribution in [3.8, 4) is 0 Å². The number of nitrogens with one attached hydrogen (secondary N) is 1. The molecule has 1 aliphatic heterocycles. The van der Waals surface area contributed by atoms with Crippen LogP contribution in [0.15, 0.2) is 22.7 Å². The van der Waals surface area contributed by atoms with Crippen molar-refractivity contribution in [2.45, 2.75) is 58.2 Å². The van der Waals surface area contributed by atoms with Crippen molar-refractivity contribution in [3.05, 3.63) is 34.1 Å². The Morgan fingerprint density at radius 3 is 2.48 bits per heavy atom. The Balaban J connectivity index is 2.22. The molecule has 1 aliphatic rings. The van der Waals surface area contributed by atoms with Crippen molar-refractivity contribution in [3.63, 3.8) is 0 Å². The summed E-state index contributed by atoms with van der Waals surface area (Å²) < 4.78 is 14.4. The van der Waals surface area contributed by atoms with E-state index >= 15 is 0 Å². The lowest BCUT2D eigenvalue weighted by Gasteiger charge is -2.52. The van der Waals surface area contributed by atoms with Crippen molar-refractivity contribution in [1.29, 1.82) is 0 Å². The molecule has 4 heteroatoms. The number of rotatable bonds is 4. The molecule has 1 heterocycles. The maximum Gasteiger partial charge on any atom is 0.124 e. The van der Waals surface area contributed by atoms with Crippen LogP contribution >= 0.6 is 15.9 Å². The highest BCUT2D eigenvalue weighted by atomic mass is 79.9. The summed E-state index contributed by atoms with van der Waals surface area (Å²) in [5.74, 6) is -0.176. The van der Waals surface area contributed by atoms with Gasteiger partial charge in [0, 0.05) is 35.2 Å². The Kier molecular flexibility index (Phi) is 5.11. The minimum atomic E-state index is -0.176. The van der Waals surface area contributed by atoms with Gasteiger partial charge in [-0.15, -0.1) is 0 Å². The third kappa shape index (κ3) is 3.85. The molecule has 1 saturated heterocycles. The third-order valence-electron chi connectivity index (χ3n) is 4.89. The van der Waals surface area contributed by atoms with E-state index in [-0.39, 0.29) is 16.9 Å². The summed E-state index contributed by atoms with van der Waals surface area (Å²) >= 11 is 3.39. The molecular weight excluding hydrogens is 331 g/mol. The van der Waals surface area contributed by atoms with Gasteiger partial charge in [-0.05, 0) is 50.5 Å². The Bertz CT molecular complexity index is 477. The van der Waals surface area contributed by atoms with Gasteiger partial charge in [-0.25, -0.2) is 4.39 Å². The van der Waals surface area contributed by atoms with E-state index in [1.165, 1.54) is 6.07 Å². The maximum absolute atomic E-state index is 13.6. The summed E-state index contributed by atoms with van der Waals surface area (Å²) in [5, 5.41) is 3.74. The van der Waals surface area contributed by atoms with Crippen molar-refractivity contribution < 1.29 is 4.39 Å². The normalized spacial score (nSPS) is 21.4. The lowest BCUT2D eigenvalue weighted by Crippen LogP contribution is -2.67. The van der Waals surface area contributed by atoms with Crippen molar-refractivity contribution in [2.75, 3.05) is 13.1 Å². The standard InChI is InChI=1S/C17H26BrFN2/c1-5-17(6-2)12-21(16(3,4)11-20-17)10-13-7-14(18)9-15(19)8-13/h7-9,20H,5-6,10-12H2,1-4H3. The number of piperazine rings is 1. The summed E-state index contributed by atoms with van der Waals surface area (Å²) in [4.78, 5) is 2.48. The van der Waals surface area contributed by atoms with Crippen molar-refractivity contribution in [1.82, 2.24) is 10.2 Å². The number of benzene rings is 1. The van der Waals surface area contributed by atoms with Crippen LogP contribution in [0.2, 0.25) is 0 Å². The predicted molar refractivity (Wildman–Crippen MR) is 89.9 cm³/mol. The molecule has 0 aliphatic carbocycles. The van der Waals surface area contributed by atoms with Gasteiger partial charge >= 0.3 is 0 Å². The van der Waals surface area contributed by atoms with E-state index in [4.69, 9.17) is 0 Å². The monoisotopic (exact) mass is 356 g/mol. The second kappa shape index (κ2) is 6.35.